The average Bonchev–Trinajstić information content (AvgIpc) is 2.85. The summed E-state index contributed by atoms with van der Waals surface area (Å²) in [7, 11) is 0. The molecule has 2 nitrogen and oxygen atoms in total. The van der Waals surface area contributed by atoms with Crippen LogP contribution >= 0.6 is 22.6 Å². The fourth-order valence-corrected chi connectivity index (χ4v) is 2.79. The van der Waals surface area contributed by atoms with E-state index in [1.165, 1.54) is 0 Å². The number of aromatic nitrogens is 1. The molecule has 1 N–H and O–H groups in total. The number of carbonyl (C=O) groups is 1. The van der Waals surface area contributed by atoms with E-state index in [9.17, 15) is 4.79 Å². The van der Waals surface area contributed by atoms with Crippen LogP contribution in [0, 0.1) is 3.57 Å². The van der Waals surface area contributed by atoms with Gasteiger partial charge in [-0.25, -0.2) is 0 Å². The van der Waals surface area contributed by atoms with Gasteiger partial charge in [-0.05, 0) is 40.3 Å². The average molecular weight is 361 g/mol. The maximum atomic E-state index is 12.4. The largest absolute Gasteiger partial charge is 0.360 e. The van der Waals surface area contributed by atoms with Crippen molar-refractivity contribution in [3.63, 3.8) is 0 Å². The highest BCUT2D eigenvalue weighted by Gasteiger charge is 2.13. The molecular weight excluding hydrogens is 349 g/mol. The number of para-hydroxylation sites is 1. The van der Waals surface area contributed by atoms with E-state index in [1.54, 1.807) is 0 Å². The summed E-state index contributed by atoms with van der Waals surface area (Å²) in [5.41, 5.74) is 2.86. The predicted octanol–water partition coefficient (Wildman–Crippen LogP) is 4.20. The first kappa shape index (κ1) is 12.4. The van der Waals surface area contributed by atoms with Crippen LogP contribution in [0.3, 0.4) is 0 Å². The van der Waals surface area contributed by atoms with Crippen molar-refractivity contribution >= 4 is 39.3 Å². The number of H-pyrrole nitrogens is 1. The normalized spacial score (nSPS) is 10.8. The summed E-state index contributed by atoms with van der Waals surface area (Å²) in [4.78, 5) is 15.6. The van der Waals surface area contributed by atoms with Gasteiger partial charge in [0.15, 0.2) is 5.78 Å². The van der Waals surface area contributed by atoms with Crippen molar-refractivity contribution in [3.05, 3.63) is 69.4 Å². The van der Waals surface area contributed by atoms with Crippen LogP contribution in [-0.4, -0.2) is 10.8 Å². The van der Waals surface area contributed by atoms with Crippen molar-refractivity contribution in [2.75, 3.05) is 0 Å². The summed E-state index contributed by atoms with van der Waals surface area (Å²) in [6.07, 6.45) is 2.25. The molecule has 0 saturated carbocycles. The molecule has 0 unspecified atom stereocenters. The Morgan fingerprint density at radius 1 is 1.05 bits per heavy atom. The maximum absolute atomic E-state index is 12.4. The van der Waals surface area contributed by atoms with Gasteiger partial charge < -0.3 is 4.98 Å². The molecule has 0 radical (unpaired) electrons. The molecule has 0 aliphatic rings. The molecule has 1 heterocycles. The van der Waals surface area contributed by atoms with Gasteiger partial charge in [0, 0.05) is 32.7 Å². The lowest BCUT2D eigenvalue weighted by Gasteiger charge is -2.03. The van der Waals surface area contributed by atoms with Crippen molar-refractivity contribution in [2.45, 2.75) is 6.42 Å². The third kappa shape index (κ3) is 2.42. The van der Waals surface area contributed by atoms with Crippen LogP contribution in [0.1, 0.15) is 15.9 Å². The SMILES string of the molecule is O=C(Cc1ccccc1I)c1c[nH]c2ccccc12. The number of hydrogen-bond donors (Lipinski definition) is 1. The number of ketones is 1. The van der Waals surface area contributed by atoms with E-state index in [1.807, 2.05) is 54.7 Å². The van der Waals surface area contributed by atoms with Gasteiger partial charge in [-0.1, -0.05) is 36.4 Å². The maximum Gasteiger partial charge on any atom is 0.169 e. The zero-order valence-electron chi connectivity index (χ0n) is 10.2. The Morgan fingerprint density at radius 2 is 1.79 bits per heavy atom. The summed E-state index contributed by atoms with van der Waals surface area (Å²) in [6.45, 7) is 0. The standard InChI is InChI=1S/C16H12INO/c17-14-7-3-1-5-11(14)9-16(19)13-10-18-15-8-4-2-6-12(13)15/h1-8,10,18H,9H2. The second kappa shape index (κ2) is 5.17. The fourth-order valence-electron chi connectivity index (χ4n) is 2.21. The number of carbonyl (C=O) groups excluding carboxylic acids is 1. The second-order valence-corrected chi connectivity index (χ2v) is 5.60. The van der Waals surface area contributed by atoms with Crippen molar-refractivity contribution < 1.29 is 4.79 Å². The monoisotopic (exact) mass is 361 g/mol. The minimum Gasteiger partial charge on any atom is -0.360 e. The Labute approximate surface area is 125 Å². The van der Waals surface area contributed by atoms with E-state index in [4.69, 9.17) is 0 Å². The van der Waals surface area contributed by atoms with Crippen molar-refractivity contribution in [1.82, 2.24) is 4.98 Å². The first-order valence-electron chi connectivity index (χ1n) is 6.08. The number of Topliss-reactive ketones (excluding diaryl/α,β-unsaturated/α-hetero) is 1. The molecule has 0 saturated heterocycles. The minimum absolute atomic E-state index is 0.154. The van der Waals surface area contributed by atoms with Crippen LogP contribution in [0.5, 0.6) is 0 Å². The van der Waals surface area contributed by atoms with E-state index in [-0.39, 0.29) is 5.78 Å². The molecule has 19 heavy (non-hydrogen) atoms. The van der Waals surface area contributed by atoms with E-state index >= 15 is 0 Å². The van der Waals surface area contributed by atoms with Gasteiger partial charge in [-0.2, -0.15) is 0 Å². The molecule has 0 fully saturated rings. The lowest BCUT2D eigenvalue weighted by molar-refractivity contribution is 0.0994. The van der Waals surface area contributed by atoms with E-state index in [0.29, 0.717) is 6.42 Å². The first-order valence-corrected chi connectivity index (χ1v) is 7.16. The van der Waals surface area contributed by atoms with Crippen LogP contribution in [0.4, 0.5) is 0 Å². The van der Waals surface area contributed by atoms with Crippen LogP contribution in [0.25, 0.3) is 10.9 Å². The number of halogens is 1. The number of benzene rings is 2. The predicted molar refractivity (Wildman–Crippen MR) is 85.5 cm³/mol. The number of rotatable bonds is 3. The highest BCUT2D eigenvalue weighted by atomic mass is 127. The smallest absolute Gasteiger partial charge is 0.169 e. The number of nitrogens with one attached hydrogen (secondary N) is 1. The first-order chi connectivity index (χ1) is 9.25. The zero-order valence-corrected chi connectivity index (χ0v) is 12.3. The van der Waals surface area contributed by atoms with Crippen LogP contribution < -0.4 is 0 Å². The molecule has 94 valence electrons. The van der Waals surface area contributed by atoms with Crippen LogP contribution in [0.2, 0.25) is 0 Å². The molecule has 3 heteroatoms. The highest BCUT2D eigenvalue weighted by molar-refractivity contribution is 14.1. The number of fused-ring (bicyclic) bond motifs is 1. The van der Waals surface area contributed by atoms with E-state index in [2.05, 4.69) is 27.6 Å². The van der Waals surface area contributed by atoms with Gasteiger partial charge in [-0.3, -0.25) is 4.79 Å². The van der Waals surface area contributed by atoms with Gasteiger partial charge in [-0.15, -0.1) is 0 Å². The van der Waals surface area contributed by atoms with Crippen molar-refractivity contribution in [2.24, 2.45) is 0 Å². The Morgan fingerprint density at radius 3 is 2.63 bits per heavy atom. The molecular formula is C16H12INO. The number of aromatic amines is 1. The lowest BCUT2D eigenvalue weighted by atomic mass is 10.0. The van der Waals surface area contributed by atoms with E-state index in [0.717, 1.165) is 25.6 Å². The second-order valence-electron chi connectivity index (χ2n) is 4.44. The van der Waals surface area contributed by atoms with Gasteiger partial charge in [0.25, 0.3) is 0 Å². The van der Waals surface area contributed by atoms with Crippen molar-refractivity contribution in [3.8, 4) is 0 Å². The van der Waals surface area contributed by atoms with Gasteiger partial charge in [0.05, 0.1) is 0 Å². The summed E-state index contributed by atoms with van der Waals surface area (Å²) in [6, 6.07) is 15.9. The molecule has 3 aromatic rings. The van der Waals surface area contributed by atoms with Gasteiger partial charge >= 0.3 is 0 Å². The van der Waals surface area contributed by atoms with Crippen LogP contribution in [0.15, 0.2) is 54.7 Å². The molecule has 0 amide bonds. The number of hydrogen-bond acceptors (Lipinski definition) is 1. The molecule has 0 spiro atoms. The summed E-state index contributed by atoms with van der Waals surface area (Å²) >= 11 is 2.27. The minimum atomic E-state index is 0.154. The van der Waals surface area contributed by atoms with Crippen LogP contribution in [-0.2, 0) is 6.42 Å². The lowest BCUT2D eigenvalue weighted by Crippen LogP contribution is -2.04. The zero-order chi connectivity index (χ0) is 13.2. The third-order valence-corrected chi connectivity index (χ3v) is 4.25. The fraction of sp³-hybridized carbons (Fsp3) is 0.0625. The molecule has 0 aliphatic heterocycles. The summed E-state index contributed by atoms with van der Waals surface area (Å²) in [5.74, 6) is 0.154. The van der Waals surface area contributed by atoms with E-state index < -0.39 is 0 Å². The third-order valence-electron chi connectivity index (χ3n) is 3.20. The molecule has 0 bridgehead atoms. The summed E-state index contributed by atoms with van der Waals surface area (Å²) in [5, 5.41) is 0.999. The molecule has 2 aromatic carbocycles. The quantitative estimate of drug-likeness (QED) is 0.551. The molecule has 3 rings (SSSR count). The van der Waals surface area contributed by atoms with Gasteiger partial charge in [0.2, 0.25) is 0 Å². The molecule has 0 atom stereocenters. The van der Waals surface area contributed by atoms with Gasteiger partial charge in [0.1, 0.15) is 0 Å². The Kier molecular flexibility index (Phi) is 3.38. The summed E-state index contributed by atoms with van der Waals surface area (Å²) < 4.78 is 1.13. The Hall–Kier alpha value is -1.62. The topological polar surface area (TPSA) is 32.9 Å². The molecule has 1 aromatic heterocycles. The Bertz CT molecular complexity index is 745. The highest BCUT2D eigenvalue weighted by Crippen LogP contribution is 2.21. The Balaban J connectivity index is 1.95. The van der Waals surface area contributed by atoms with Crippen molar-refractivity contribution in [1.29, 1.82) is 0 Å². The molecule has 0 aliphatic carbocycles.